The monoisotopic (exact) mass is 520 g/mol. The summed E-state index contributed by atoms with van der Waals surface area (Å²) in [7, 11) is 6.22. The zero-order valence-electron chi connectivity index (χ0n) is 23.0. The first-order valence-electron chi connectivity index (χ1n) is 13.7. The van der Waals surface area contributed by atoms with Crippen molar-refractivity contribution >= 4 is 39.6 Å². The molecule has 6 rings (SSSR count). The molecular weight excluding hydrogens is 484 g/mol. The third kappa shape index (κ3) is 4.88. The third-order valence-electron chi connectivity index (χ3n) is 7.64. The van der Waals surface area contributed by atoms with E-state index in [4.69, 9.17) is 15.7 Å². The second-order valence-corrected chi connectivity index (χ2v) is 10.7. The number of aromatic nitrogens is 3. The normalized spacial score (nSPS) is 14.6. The molecule has 8 heteroatoms. The SMILES string of the molecule is CN(C)CCN(C)c1ccc(Nc2nccc(-c3c(C4=NC=CCC4)n4c5c(cccc35)CCC4)n2)cc1N. The van der Waals surface area contributed by atoms with Crippen LogP contribution in [0.5, 0.6) is 0 Å². The molecule has 8 nitrogen and oxygen atoms in total. The molecule has 0 aliphatic carbocycles. The molecule has 4 heterocycles. The maximum Gasteiger partial charge on any atom is 0.227 e. The molecule has 0 bridgehead atoms. The molecule has 2 aromatic carbocycles. The van der Waals surface area contributed by atoms with Crippen LogP contribution in [0.4, 0.5) is 23.0 Å². The highest BCUT2D eigenvalue weighted by Gasteiger charge is 2.27. The van der Waals surface area contributed by atoms with Crippen LogP contribution in [0.15, 0.2) is 65.9 Å². The standard InChI is InChI=1S/C31H36N8/c1-37(2)18-19-38(3)27-13-12-22(20-24(27)32)35-31-34-16-14-25(36-31)28-23-10-6-8-21-9-7-17-39(29(21)23)30(28)26-11-4-5-15-33-26/h5-6,8,10,12-16,20H,4,7,9,11,17-19,32H2,1-3H3,(H,34,35,36). The van der Waals surface area contributed by atoms with Crippen molar-refractivity contribution in [3.05, 3.63) is 72.2 Å². The molecule has 39 heavy (non-hydrogen) atoms. The number of para-hydroxylation sites is 1. The first-order chi connectivity index (χ1) is 19.0. The Morgan fingerprint density at radius 1 is 1.05 bits per heavy atom. The first-order valence-corrected chi connectivity index (χ1v) is 13.7. The number of hydrogen-bond donors (Lipinski definition) is 2. The number of nitrogens with zero attached hydrogens (tertiary/aromatic N) is 6. The van der Waals surface area contributed by atoms with Crippen LogP contribution in [0.2, 0.25) is 0 Å². The number of nitrogen functional groups attached to an aromatic ring is 1. The van der Waals surface area contributed by atoms with Crippen molar-refractivity contribution in [2.24, 2.45) is 4.99 Å². The van der Waals surface area contributed by atoms with Crippen molar-refractivity contribution in [2.45, 2.75) is 32.2 Å². The van der Waals surface area contributed by atoms with Gasteiger partial charge in [-0.25, -0.2) is 9.97 Å². The average molecular weight is 521 g/mol. The Balaban J connectivity index is 1.36. The number of likely N-dealkylation sites (N-methyl/N-ethyl adjacent to an activating group) is 2. The Bertz CT molecular complexity index is 1580. The molecule has 0 radical (unpaired) electrons. The van der Waals surface area contributed by atoms with Gasteiger partial charge in [-0.1, -0.05) is 24.3 Å². The van der Waals surface area contributed by atoms with E-state index in [0.29, 0.717) is 5.95 Å². The van der Waals surface area contributed by atoms with E-state index >= 15 is 0 Å². The van der Waals surface area contributed by atoms with E-state index in [1.165, 1.54) is 22.2 Å². The fourth-order valence-electron chi connectivity index (χ4n) is 5.72. The molecule has 200 valence electrons. The van der Waals surface area contributed by atoms with Crippen LogP contribution in [-0.2, 0) is 13.0 Å². The lowest BCUT2D eigenvalue weighted by atomic mass is 10.00. The molecule has 4 aromatic rings. The lowest BCUT2D eigenvalue weighted by Gasteiger charge is -2.23. The van der Waals surface area contributed by atoms with Crippen LogP contribution >= 0.6 is 0 Å². The molecule has 0 amide bonds. The maximum absolute atomic E-state index is 6.45. The highest BCUT2D eigenvalue weighted by molar-refractivity contribution is 6.13. The number of aliphatic imine (C=N–C) groups is 1. The minimum absolute atomic E-state index is 0.545. The molecule has 0 atom stereocenters. The van der Waals surface area contributed by atoms with Gasteiger partial charge in [0.05, 0.1) is 34.0 Å². The van der Waals surface area contributed by atoms with E-state index in [-0.39, 0.29) is 0 Å². The predicted molar refractivity (Wildman–Crippen MR) is 162 cm³/mol. The van der Waals surface area contributed by atoms with Gasteiger partial charge in [0.2, 0.25) is 5.95 Å². The Labute approximate surface area is 229 Å². The minimum Gasteiger partial charge on any atom is -0.397 e. The zero-order valence-corrected chi connectivity index (χ0v) is 23.0. The van der Waals surface area contributed by atoms with Crippen LogP contribution in [0.3, 0.4) is 0 Å². The van der Waals surface area contributed by atoms with Gasteiger partial charge in [-0.05, 0) is 69.6 Å². The van der Waals surface area contributed by atoms with Crippen molar-refractivity contribution in [2.75, 3.05) is 50.2 Å². The fourth-order valence-corrected chi connectivity index (χ4v) is 5.72. The quantitative estimate of drug-likeness (QED) is 0.300. The van der Waals surface area contributed by atoms with Gasteiger partial charge in [0, 0.05) is 55.7 Å². The number of anilines is 4. The van der Waals surface area contributed by atoms with Crippen LogP contribution in [-0.4, -0.2) is 59.4 Å². The summed E-state index contributed by atoms with van der Waals surface area (Å²) in [6, 6.07) is 14.7. The molecule has 2 aliphatic rings. The Morgan fingerprint density at radius 2 is 1.95 bits per heavy atom. The topological polar surface area (TPSA) is 87.6 Å². The summed E-state index contributed by atoms with van der Waals surface area (Å²) < 4.78 is 2.48. The van der Waals surface area contributed by atoms with Gasteiger partial charge in [0.25, 0.3) is 0 Å². The Hall–Kier alpha value is -4.17. The van der Waals surface area contributed by atoms with E-state index in [1.54, 1.807) is 0 Å². The van der Waals surface area contributed by atoms with Crippen LogP contribution < -0.4 is 16.0 Å². The molecule has 2 aliphatic heterocycles. The van der Waals surface area contributed by atoms with E-state index in [9.17, 15) is 0 Å². The molecular formula is C31H36N8. The van der Waals surface area contributed by atoms with E-state index in [2.05, 4.69) is 76.2 Å². The average Bonchev–Trinajstić information content (AvgIpc) is 3.28. The highest BCUT2D eigenvalue weighted by atomic mass is 15.2. The number of aryl methyl sites for hydroxylation is 2. The van der Waals surface area contributed by atoms with Crippen molar-refractivity contribution in [3.8, 4) is 11.3 Å². The number of hydrogen-bond acceptors (Lipinski definition) is 7. The molecule has 0 fully saturated rings. The van der Waals surface area contributed by atoms with E-state index in [0.717, 1.165) is 79.3 Å². The summed E-state index contributed by atoms with van der Waals surface area (Å²) in [6.07, 6.45) is 10.1. The Kier molecular flexibility index (Phi) is 6.79. The summed E-state index contributed by atoms with van der Waals surface area (Å²) in [5, 5.41) is 4.62. The largest absolute Gasteiger partial charge is 0.397 e. The van der Waals surface area contributed by atoms with Gasteiger partial charge in [0.1, 0.15) is 0 Å². The van der Waals surface area contributed by atoms with Gasteiger partial charge in [-0.2, -0.15) is 0 Å². The number of nitrogens with one attached hydrogen (secondary N) is 1. The summed E-state index contributed by atoms with van der Waals surface area (Å²) in [5.74, 6) is 0.545. The zero-order chi connectivity index (χ0) is 26.9. The smallest absolute Gasteiger partial charge is 0.227 e. The van der Waals surface area contributed by atoms with Gasteiger partial charge in [-0.15, -0.1) is 0 Å². The molecule has 0 saturated carbocycles. The first kappa shape index (κ1) is 25.1. The van der Waals surface area contributed by atoms with Gasteiger partial charge < -0.3 is 25.4 Å². The molecule has 0 unspecified atom stereocenters. The summed E-state index contributed by atoms with van der Waals surface area (Å²) in [4.78, 5) is 18.7. The van der Waals surface area contributed by atoms with Gasteiger partial charge in [-0.3, -0.25) is 4.99 Å². The summed E-state index contributed by atoms with van der Waals surface area (Å²) >= 11 is 0. The lowest BCUT2D eigenvalue weighted by Crippen LogP contribution is -2.28. The molecule has 0 saturated heterocycles. The number of benzene rings is 2. The van der Waals surface area contributed by atoms with Crippen molar-refractivity contribution in [1.82, 2.24) is 19.4 Å². The molecule has 2 aromatic heterocycles. The van der Waals surface area contributed by atoms with Crippen LogP contribution in [0.25, 0.3) is 22.2 Å². The minimum atomic E-state index is 0.545. The maximum atomic E-state index is 6.45. The fraction of sp³-hybridized carbons (Fsp3) is 0.323. The predicted octanol–water partition coefficient (Wildman–Crippen LogP) is 5.46. The lowest BCUT2D eigenvalue weighted by molar-refractivity contribution is 0.416. The third-order valence-corrected chi connectivity index (χ3v) is 7.64. The summed E-state index contributed by atoms with van der Waals surface area (Å²) in [6.45, 7) is 2.85. The van der Waals surface area contributed by atoms with Crippen LogP contribution in [0.1, 0.15) is 30.5 Å². The Morgan fingerprint density at radius 3 is 2.74 bits per heavy atom. The second kappa shape index (κ2) is 10.5. The molecule has 0 spiro atoms. The summed E-state index contributed by atoms with van der Waals surface area (Å²) in [5.41, 5.74) is 16.1. The number of allylic oxidation sites excluding steroid dienone is 1. The van der Waals surface area contributed by atoms with Crippen molar-refractivity contribution in [1.29, 1.82) is 0 Å². The van der Waals surface area contributed by atoms with Gasteiger partial charge in [0.15, 0.2) is 0 Å². The highest BCUT2D eigenvalue weighted by Crippen LogP contribution is 2.40. The van der Waals surface area contributed by atoms with Gasteiger partial charge >= 0.3 is 0 Å². The number of rotatable bonds is 8. The van der Waals surface area contributed by atoms with Crippen molar-refractivity contribution in [3.63, 3.8) is 0 Å². The van der Waals surface area contributed by atoms with Crippen LogP contribution in [0, 0.1) is 0 Å². The van der Waals surface area contributed by atoms with E-state index in [1.807, 2.05) is 30.6 Å². The van der Waals surface area contributed by atoms with Crippen molar-refractivity contribution < 1.29 is 0 Å². The van der Waals surface area contributed by atoms with E-state index < -0.39 is 0 Å². The molecule has 3 N–H and O–H groups in total. The number of nitrogens with two attached hydrogens (primary N) is 1. The second-order valence-electron chi connectivity index (χ2n) is 10.7.